The number of hydrogen-bond acceptors (Lipinski definition) is 2. The van der Waals surface area contributed by atoms with Gasteiger partial charge >= 0.3 is 0 Å². The van der Waals surface area contributed by atoms with Gasteiger partial charge in [0, 0.05) is 35.9 Å². The van der Waals surface area contributed by atoms with E-state index >= 15 is 0 Å². The van der Waals surface area contributed by atoms with E-state index in [1.54, 1.807) is 6.20 Å². The second-order valence-electron chi connectivity index (χ2n) is 6.52. The van der Waals surface area contributed by atoms with Crippen molar-refractivity contribution < 1.29 is 0 Å². The van der Waals surface area contributed by atoms with Crippen LogP contribution in [0.1, 0.15) is 30.9 Å². The van der Waals surface area contributed by atoms with Crippen molar-refractivity contribution >= 4 is 17.6 Å². The third-order valence-electron chi connectivity index (χ3n) is 4.60. The van der Waals surface area contributed by atoms with Gasteiger partial charge in [0.05, 0.1) is 6.54 Å². The second kappa shape index (κ2) is 8.34. The zero-order valence-corrected chi connectivity index (χ0v) is 15.4. The molecule has 1 aromatic carbocycles. The van der Waals surface area contributed by atoms with Gasteiger partial charge in [-0.15, -0.1) is 0 Å². The number of benzene rings is 1. The monoisotopic (exact) mass is 356 g/mol. The molecule has 2 aromatic rings. The van der Waals surface area contributed by atoms with Gasteiger partial charge in [0.1, 0.15) is 0 Å². The Balaban J connectivity index is 1.58. The highest BCUT2D eigenvalue weighted by Gasteiger charge is 2.44. The standard InChI is InChI=1S/C20H25ClN4/c1-2-23-19(24-12-8-16-5-4-11-22-14-16)25-15-20(9-10-20)17-6-3-7-18(21)13-17/h3-7,11,13-14H,2,8-10,12,15H2,1H3,(H2,23,24,25). The van der Waals surface area contributed by atoms with Crippen LogP contribution < -0.4 is 10.6 Å². The van der Waals surface area contributed by atoms with E-state index in [9.17, 15) is 0 Å². The van der Waals surface area contributed by atoms with Crippen LogP contribution in [0.15, 0.2) is 53.8 Å². The molecule has 1 fully saturated rings. The number of pyridine rings is 1. The van der Waals surface area contributed by atoms with Crippen molar-refractivity contribution in [3.8, 4) is 0 Å². The lowest BCUT2D eigenvalue weighted by Crippen LogP contribution is -2.39. The molecule has 25 heavy (non-hydrogen) atoms. The molecule has 0 aliphatic heterocycles. The van der Waals surface area contributed by atoms with E-state index < -0.39 is 0 Å². The minimum atomic E-state index is 0.163. The van der Waals surface area contributed by atoms with Crippen LogP contribution in [0.25, 0.3) is 0 Å². The van der Waals surface area contributed by atoms with Gasteiger partial charge in [-0.1, -0.05) is 29.8 Å². The van der Waals surface area contributed by atoms with Crippen LogP contribution in [-0.2, 0) is 11.8 Å². The lowest BCUT2D eigenvalue weighted by atomic mass is 9.96. The van der Waals surface area contributed by atoms with Gasteiger partial charge in [0.2, 0.25) is 0 Å². The first-order chi connectivity index (χ1) is 12.2. The number of hydrogen-bond donors (Lipinski definition) is 2. The summed E-state index contributed by atoms with van der Waals surface area (Å²) < 4.78 is 0. The highest BCUT2D eigenvalue weighted by atomic mass is 35.5. The quantitative estimate of drug-likeness (QED) is 0.589. The zero-order valence-electron chi connectivity index (χ0n) is 14.6. The van der Waals surface area contributed by atoms with Crippen LogP contribution >= 0.6 is 11.6 Å². The number of aliphatic imine (C=N–C) groups is 1. The Morgan fingerprint density at radius 2 is 2.12 bits per heavy atom. The van der Waals surface area contributed by atoms with E-state index in [1.165, 1.54) is 24.0 Å². The first kappa shape index (κ1) is 17.7. The first-order valence-electron chi connectivity index (χ1n) is 8.89. The van der Waals surface area contributed by atoms with Crippen LogP contribution in [0.3, 0.4) is 0 Å². The maximum atomic E-state index is 6.15. The van der Waals surface area contributed by atoms with Crippen molar-refractivity contribution in [2.45, 2.75) is 31.6 Å². The maximum Gasteiger partial charge on any atom is 0.191 e. The summed E-state index contributed by atoms with van der Waals surface area (Å²) in [6, 6.07) is 12.3. The molecule has 0 spiro atoms. The van der Waals surface area contributed by atoms with Gasteiger partial charge in [-0.2, -0.15) is 0 Å². The molecule has 0 bridgehead atoms. The Hall–Kier alpha value is -2.07. The fourth-order valence-electron chi connectivity index (χ4n) is 2.95. The molecule has 3 rings (SSSR count). The van der Waals surface area contributed by atoms with E-state index in [-0.39, 0.29) is 5.41 Å². The molecule has 5 heteroatoms. The molecule has 1 aromatic heterocycles. The maximum absolute atomic E-state index is 6.15. The first-order valence-corrected chi connectivity index (χ1v) is 9.27. The van der Waals surface area contributed by atoms with Gasteiger partial charge in [-0.05, 0) is 55.5 Å². The molecule has 2 N–H and O–H groups in total. The molecule has 4 nitrogen and oxygen atoms in total. The van der Waals surface area contributed by atoms with E-state index in [2.05, 4.69) is 40.7 Å². The summed E-state index contributed by atoms with van der Waals surface area (Å²) >= 11 is 6.15. The number of halogens is 1. The third-order valence-corrected chi connectivity index (χ3v) is 4.84. The van der Waals surface area contributed by atoms with Gasteiger partial charge in [-0.25, -0.2) is 0 Å². The molecular formula is C20H25ClN4. The Kier molecular flexibility index (Phi) is 5.92. The molecule has 1 heterocycles. The van der Waals surface area contributed by atoms with Crippen LogP contribution in [0, 0.1) is 0 Å². The summed E-state index contributed by atoms with van der Waals surface area (Å²) in [7, 11) is 0. The van der Waals surface area contributed by atoms with E-state index in [4.69, 9.17) is 16.6 Å². The molecule has 1 aliphatic rings. The normalized spacial score (nSPS) is 15.7. The van der Waals surface area contributed by atoms with Crippen LogP contribution in [0.2, 0.25) is 5.02 Å². The van der Waals surface area contributed by atoms with E-state index in [0.717, 1.165) is 37.0 Å². The lowest BCUT2D eigenvalue weighted by molar-refractivity contribution is 0.692. The molecule has 132 valence electrons. The van der Waals surface area contributed by atoms with E-state index in [1.807, 2.05) is 24.4 Å². The summed E-state index contributed by atoms with van der Waals surface area (Å²) in [5.74, 6) is 0.875. The third kappa shape index (κ3) is 4.95. The van der Waals surface area contributed by atoms with Gasteiger partial charge in [0.15, 0.2) is 5.96 Å². The smallest absolute Gasteiger partial charge is 0.191 e. The Morgan fingerprint density at radius 3 is 2.80 bits per heavy atom. The Morgan fingerprint density at radius 1 is 1.24 bits per heavy atom. The second-order valence-corrected chi connectivity index (χ2v) is 6.96. The number of rotatable bonds is 7. The highest BCUT2D eigenvalue weighted by molar-refractivity contribution is 6.30. The Bertz CT molecular complexity index is 711. The molecule has 1 aliphatic carbocycles. The minimum absolute atomic E-state index is 0.163. The van der Waals surface area contributed by atoms with Crippen LogP contribution in [-0.4, -0.2) is 30.6 Å². The molecular weight excluding hydrogens is 332 g/mol. The number of nitrogens with zero attached hydrogens (tertiary/aromatic N) is 2. The molecule has 0 radical (unpaired) electrons. The average molecular weight is 357 g/mol. The van der Waals surface area contributed by atoms with Crippen molar-refractivity contribution in [3.63, 3.8) is 0 Å². The lowest BCUT2D eigenvalue weighted by Gasteiger charge is -2.16. The van der Waals surface area contributed by atoms with Crippen molar-refractivity contribution in [2.75, 3.05) is 19.6 Å². The predicted molar refractivity (Wildman–Crippen MR) is 104 cm³/mol. The molecule has 0 atom stereocenters. The number of guanidine groups is 1. The summed E-state index contributed by atoms with van der Waals surface area (Å²) in [6.07, 6.45) is 6.98. The molecule has 0 amide bonds. The summed E-state index contributed by atoms with van der Waals surface area (Å²) in [5.41, 5.74) is 2.69. The fraction of sp³-hybridized carbons (Fsp3) is 0.400. The van der Waals surface area contributed by atoms with Crippen molar-refractivity contribution in [2.24, 2.45) is 4.99 Å². The number of nitrogens with one attached hydrogen (secondary N) is 2. The topological polar surface area (TPSA) is 49.3 Å². The van der Waals surface area contributed by atoms with Gasteiger partial charge < -0.3 is 10.6 Å². The molecule has 1 saturated carbocycles. The Labute approximate surface area is 154 Å². The molecule has 0 saturated heterocycles. The zero-order chi connectivity index (χ0) is 17.5. The highest BCUT2D eigenvalue weighted by Crippen LogP contribution is 2.48. The van der Waals surface area contributed by atoms with Crippen LogP contribution in [0.4, 0.5) is 0 Å². The van der Waals surface area contributed by atoms with Gasteiger partial charge in [-0.3, -0.25) is 9.98 Å². The largest absolute Gasteiger partial charge is 0.357 e. The predicted octanol–water partition coefficient (Wildman–Crippen LogP) is 3.56. The number of aromatic nitrogens is 1. The molecule has 0 unspecified atom stereocenters. The SMILES string of the molecule is CCNC(=NCC1(c2cccc(Cl)c2)CC1)NCCc1cccnc1. The van der Waals surface area contributed by atoms with Crippen LogP contribution in [0.5, 0.6) is 0 Å². The summed E-state index contributed by atoms with van der Waals surface area (Å²) in [5, 5.41) is 7.55. The minimum Gasteiger partial charge on any atom is -0.357 e. The van der Waals surface area contributed by atoms with Crippen molar-refractivity contribution in [1.82, 2.24) is 15.6 Å². The van der Waals surface area contributed by atoms with Crippen molar-refractivity contribution in [1.29, 1.82) is 0 Å². The van der Waals surface area contributed by atoms with Crippen molar-refractivity contribution in [3.05, 3.63) is 64.9 Å². The fourth-order valence-corrected chi connectivity index (χ4v) is 3.14. The van der Waals surface area contributed by atoms with Gasteiger partial charge in [0.25, 0.3) is 0 Å². The van der Waals surface area contributed by atoms with E-state index in [0.29, 0.717) is 0 Å². The summed E-state index contributed by atoms with van der Waals surface area (Å²) in [4.78, 5) is 8.97. The average Bonchev–Trinajstić information content (AvgIpc) is 3.42. The summed E-state index contributed by atoms with van der Waals surface area (Å²) in [6.45, 7) is 4.56.